The largest absolute Gasteiger partial charge is 0.392 e. The predicted molar refractivity (Wildman–Crippen MR) is 49.4 cm³/mol. The lowest BCUT2D eigenvalue weighted by Crippen LogP contribution is -1.70. The van der Waals surface area contributed by atoms with Crippen LogP contribution < -0.4 is 0 Å². The first kappa shape index (κ1) is 10.2. The van der Waals surface area contributed by atoms with Crippen molar-refractivity contribution < 1.29 is 5.11 Å². The van der Waals surface area contributed by atoms with Gasteiger partial charge in [-0.15, -0.1) is 0 Å². The molecule has 0 rings (SSSR count). The van der Waals surface area contributed by atoms with E-state index in [1.807, 2.05) is 31.2 Å². The average Bonchev–Trinajstić information content (AvgIpc) is 2.03. The Morgan fingerprint density at radius 2 is 1.73 bits per heavy atom. The van der Waals surface area contributed by atoms with Crippen molar-refractivity contribution in [3.05, 3.63) is 36.5 Å². The second-order valence-electron chi connectivity index (χ2n) is 2.19. The number of hydrogen-bond acceptors (Lipinski definition) is 1. The normalized spacial score (nSPS) is 12.5. The molecule has 0 bridgehead atoms. The SMILES string of the molecule is C/C=C\C=C\CC/C=C/CO. The molecule has 0 amide bonds. The summed E-state index contributed by atoms with van der Waals surface area (Å²) in [6, 6.07) is 0. The van der Waals surface area contributed by atoms with Crippen molar-refractivity contribution >= 4 is 0 Å². The standard InChI is InChI=1S/C10H16O/c1-2-3-4-5-6-7-8-9-10-11/h2-5,8-9,11H,6-7,10H2,1H3/b3-2-,5-4+,9-8+. The van der Waals surface area contributed by atoms with Crippen LogP contribution in [0.5, 0.6) is 0 Å². The van der Waals surface area contributed by atoms with Gasteiger partial charge in [0.1, 0.15) is 0 Å². The molecule has 0 unspecified atom stereocenters. The van der Waals surface area contributed by atoms with E-state index in [0.717, 1.165) is 12.8 Å². The summed E-state index contributed by atoms with van der Waals surface area (Å²) in [6.45, 7) is 2.15. The summed E-state index contributed by atoms with van der Waals surface area (Å²) < 4.78 is 0. The van der Waals surface area contributed by atoms with E-state index in [-0.39, 0.29) is 6.61 Å². The van der Waals surface area contributed by atoms with Gasteiger partial charge in [-0.1, -0.05) is 36.5 Å². The topological polar surface area (TPSA) is 20.2 Å². The molecular weight excluding hydrogens is 136 g/mol. The maximum absolute atomic E-state index is 8.39. The lowest BCUT2D eigenvalue weighted by molar-refractivity contribution is 0.342. The van der Waals surface area contributed by atoms with Crippen LogP contribution in [0.3, 0.4) is 0 Å². The van der Waals surface area contributed by atoms with Gasteiger partial charge in [-0.2, -0.15) is 0 Å². The lowest BCUT2D eigenvalue weighted by atomic mass is 10.2. The van der Waals surface area contributed by atoms with Gasteiger partial charge in [0.05, 0.1) is 6.61 Å². The Morgan fingerprint density at radius 3 is 2.36 bits per heavy atom. The fraction of sp³-hybridized carbons (Fsp3) is 0.400. The molecule has 0 aromatic heterocycles. The van der Waals surface area contributed by atoms with Crippen molar-refractivity contribution in [3.63, 3.8) is 0 Å². The van der Waals surface area contributed by atoms with E-state index in [2.05, 4.69) is 6.08 Å². The summed E-state index contributed by atoms with van der Waals surface area (Å²) in [5.74, 6) is 0. The Kier molecular flexibility index (Phi) is 8.50. The number of aliphatic hydroxyl groups is 1. The highest BCUT2D eigenvalue weighted by molar-refractivity contribution is 5.01. The lowest BCUT2D eigenvalue weighted by Gasteiger charge is -1.84. The number of hydrogen-bond donors (Lipinski definition) is 1. The minimum atomic E-state index is 0.151. The molecule has 0 aliphatic rings. The Balaban J connectivity index is 3.20. The van der Waals surface area contributed by atoms with E-state index in [9.17, 15) is 0 Å². The molecule has 0 saturated carbocycles. The Morgan fingerprint density at radius 1 is 1.00 bits per heavy atom. The highest BCUT2D eigenvalue weighted by atomic mass is 16.2. The zero-order valence-electron chi connectivity index (χ0n) is 7.03. The molecule has 0 saturated heterocycles. The van der Waals surface area contributed by atoms with E-state index < -0.39 is 0 Å². The fourth-order valence-corrected chi connectivity index (χ4v) is 0.671. The number of aliphatic hydroxyl groups excluding tert-OH is 1. The molecule has 0 aromatic rings. The van der Waals surface area contributed by atoms with Crippen LogP contribution in [0, 0.1) is 0 Å². The Labute approximate surface area is 68.7 Å². The van der Waals surface area contributed by atoms with Crippen LogP contribution in [0.1, 0.15) is 19.8 Å². The van der Waals surface area contributed by atoms with Crippen LogP contribution in [0.4, 0.5) is 0 Å². The summed E-state index contributed by atoms with van der Waals surface area (Å²) in [7, 11) is 0. The van der Waals surface area contributed by atoms with Gasteiger partial charge in [-0.05, 0) is 19.8 Å². The molecule has 0 atom stereocenters. The fourth-order valence-electron chi connectivity index (χ4n) is 0.671. The highest BCUT2D eigenvalue weighted by Gasteiger charge is 1.73. The van der Waals surface area contributed by atoms with Crippen LogP contribution in [-0.4, -0.2) is 11.7 Å². The van der Waals surface area contributed by atoms with Gasteiger partial charge in [-0.25, -0.2) is 0 Å². The van der Waals surface area contributed by atoms with Gasteiger partial charge >= 0.3 is 0 Å². The first-order valence-electron chi connectivity index (χ1n) is 3.95. The molecular formula is C10H16O. The van der Waals surface area contributed by atoms with Crippen molar-refractivity contribution in [1.82, 2.24) is 0 Å². The van der Waals surface area contributed by atoms with E-state index in [1.54, 1.807) is 6.08 Å². The summed E-state index contributed by atoms with van der Waals surface area (Å²) in [5, 5.41) is 8.39. The molecule has 0 spiro atoms. The van der Waals surface area contributed by atoms with Crippen molar-refractivity contribution in [1.29, 1.82) is 0 Å². The van der Waals surface area contributed by atoms with Crippen LogP contribution >= 0.6 is 0 Å². The predicted octanol–water partition coefficient (Wildman–Crippen LogP) is 2.45. The third kappa shape index (κ3) is 9.18. The van der Waals surface area contributed by atoms with Gasteiger partial charge in [-0.3, -0.25) is 0 Å². The Bertz CT molecular complexity index is 143. The van der Waals surface area contributed by atoms with E-state index >= 15 is 0 Å². The molecule has 62 valence electrons. The molecule has 0 aliphatic carbocycles. The molecule has 0 aliphatic heterocycles. The van der Waals surface area contributed by atoms with Gasteiger partial charge in [0.15, 0.2) is 0 Å². The van der Waals surface area contributed by atoms with E-state index in [4.69, 9.17) is 5.11 Å². The van der Waals surface area contributed by atoms with E-state index in [0.29, 0.717) is 0 Å². The molecule has 11 heavy (non-hydrogen) atoms. The summed E-state index contributed by atoms with van der Waals surface area (Å²) in [5.41, 5.74) is 0. The minimum Gasteiger partial charge on any atom is -0.392 e. The maximum atomic E-state index is 8.39. The maximum Gasteiger partial charge on any atom is 0.0612 e. The summed E-state index contributed by atoms with van der Waals surface area (Å²) >= 11 is 0. The second kappa shape index (κ2) is 9.18. The molecule has 0 aromatic carbocycles. The molecule has 1 nitrogen and oxygen atoms in total. The zero-order valence-corrected chi connectivity index (χ0v) is 7.03. The van der Waals surface area contributed by atoms with Crippen LogP contribution in [0.15, 0.2) is 36.5 Å². The third-order valence-electron chi connectivity index (χ3n) is 1.21. The summed E-state index contributed by atoms with van der Waals surface area (Å²) in [4.78, 5) is 0. The molecule has 1 heteroatoms. The quantitative estimate of drug-likeness (QED) is 0.364. The highest BCUT2D eigenvalue weighted by Crippen LogP contribution is 1.92. The number of allylic oxidation sites excluding steroid dienone is 5. The van der Waals surface area contributed by atoms with Gasteiger partial charge in [0, 0.05) is 0 Å². The van der Waals surface area contributed by atoms with Gasteiger partial charge in [0.25, 0.3) is 0 Å². The van der Waals surface area contributed by atoms with Crippen molar-refractivity contribution in [3.8, 4) is 0 Å². The van der Waals surface area contributed by atoms with Crippen LogP contribution in [0.25, 0.3) is 0 Å². The smallest absolute Gasteiger partial charge is 0.0612 e. The van der Waals surface area contributed by atoms with Gasteiger partial charge < -0.3 is 5.11 Å². The number of rotatable bonds is 5. The first-order valence-corrected chi connectivity index (χ1v) is 3.95. The third-order valence-corrected chi connectivity index (χ3v) is 1.21. The van der Waals surface area contributed by atoms with Crippen molar-refractivity contribution in [2.75, 3.05) is 6.61 Å². The second-order valence-corrected chi connectivity index (χ2v) is 2.19. The summed E-state index contributed by atoms with van der Waals surface area (Å²) in [6.07, 6.45) is 14.0. The number of unbranched alkanes of at least 4 members (excludes halogenated alkanes) is 1. The molecule has 0 fully saturated rings. The van der Waals surface area contributed by atoms with Crippen LogP contribution in [0.2, 0.25) is 0 Å². The molecule has 1 N–H and O–H groups in total. The molecule has 0 radical (unpaired) electrons. The Hall–Kier alpha value is -0.820. The van der Waals surface area contributed by atoms with Crippen molar-refractivity contribution in [2.45, 2.75) is 19.8 Å². The average molecular weight is 152 g/mol. The van der Waals surface area contributed by atoms with Crippen molar-refractivity contribution in [2.24, 2.45) is 0 Å². The van der Waals surface area contributed by atoms with Crippen LogP contribution in [-0.2, 0) is 0 Å². The van der Waals surface area contributed by atoms with E-state index in [1.165, 1.54) is 0 Å². The molecule has 0 heterocycles. The first-order chi connectivity index (χ1) is 5.41. The monoisotopic (exact) mass is 152 g/mol. The van der Waals surface area contributed by atoms with Gasteiger partial charge in [0.2, 0.25) is 0 Å². The zero-order chi connectivity index (χ0) is 8.36. The minimum absolute atomic E-state index is 0.151.